The minimum absolute atomic E-state index is 0.0218. The smallest absolute Gasteiger partial charge is 0.343 e. The van der Waals surface area contributed by atoms with Crippen molar-refractivity contribution in [1.29, 1.82) is 0 Å². The largest absolute Gasteiger partial charge is 0.497 e. The molecule has 0 saturated carbocycles. The lowest BCUT2D eigenvalue weighted by molar-refractivity contribution is -0.137. The van der Waals surface area contributed by atoms with Crippen LogP contribution < -0.4 is 14.8 Å². The topological polar surface area (TPSA) is 122 Å². The molecule has 0 fully saturated rings. The summed E-state index contributed by atoms with van der Waals surface area (Å²) < 4.78 is 10.6. The zero-order valence-corrected chi connectivity index (χ0v) is 25.7. The van der Waals surface area contributed by atoms with Crippen LogP contribution in [-0.2, 0) is 28.0 Å². The van der Waals surface area contributed by atoms with E-state index in [0.29, 0.717) is 28.3 Å². The Morgan fingerprint density at radius 2 is 1.29 bits per heavy atom. The van der Waals surface area contributed by atoms with Crippen molar-refractivity contribution in [1.82, 2.24) is 4.90 Å². The highest BCUT2D eigenvalue weighted by Gasteiger charge is 2.20. The molecule has 0 spiro atoms. The van der Waals surface area contributed by atoms with E-state index in [1.807, 2.05) is 24.3 Å². The van der Waals surface area contributed by atoms with Crippen LogP contribution in [0.5, 0.6) is 11.5 Å². The molecule has 4 aromatic rings. The van der Waals surface area contributed by atoms with Crippen LogP contribution in [-0.4, -0.2) is 47.4 Å². The molecule has 0 heterocycles. The van der Waals surface area contributed by atoms with E-state index in [4.69, 9.17) is 9.47 Å². The van der Waals surface area contributed by atoms with Crippen LogP contribution in [0.15, 0.2) is 97.1 Å². The summed E-state index contributed by atoms with van der Waals surface area (Å²) in [5, 5.41) is 12.3. The molecule has 9 nitrogen and oxygen atoms in total. The Hall–Kier alpha value is -5.44. The molecule has 0 radical (unpaired) electrons. The molecule has 0 atom stereocenters. The maximum absolute atomic E-state index is 13.3. The number of hydrogen-bond acceptors (Lipinski definition) is 6. The van der Waals surface area contributed by atoms with E-state index in [1.165, 1.54) is 17.0 Å². The van der Waals surface area contributed by atoms with Crippen LogP contribution in [0.25, 0.3) is 0 Å². The number of nitrogens with one attached hydrogen (secondary N) is 1. The van der Waals surface area contributed by atoms with Crippen molar-refractivity contribution in [3.05, 3.63) is 125 Å². The molecule has 0 bridgehead atoms. The average molecular weight is 609 g/mol. The summed E-state index contributed by atoms with van der Waals surface area (Å²) in [5.41, 5.74) is 3.74. The molecular weight excluding hydrogens is 572 g/mol. The molecule has 232 valence electrons. The lowest BCUT2D eigenvalue weighted by Gasteiger charge is -2.21. The maximum Gasteiger partial charge on any atom is 0.343 e. The number of methoxy groups -OCH3 is 1. The van der Waals surface area contributed by atoms with Gasteiger partial charge in [-0.15, -0.1) is 0 Å². The number of aliphatic carboxylic acids is 1. The fraction of sp³-hybridized carbons (Fsp3) is 0.222. The van der Waals surface area contributed by atoms with Crippen molar-refractivity contribution in [3.8, 4) is 11.5 Å². The summed E-state index contributed by atoms with van der Waals surface area (Å²) in [7, 11) is 1.57. The van der Waals surface area contributed by atoms with Crippen LogP contribution in [0.2, 0.25) is 0 Å². The third-order valence-corrected chi connectivity index (χ3v) is 7.05. The number of anilines is 1. The third-order valence-electron chi connectivity index (χ3n) is 7.05. The van der Waals surface area contributed by atoms with E-state index in [9.17, 15) is 24.3 Å². The maximum atomic E-state index is 13.3. The number of carboxylic acid groups (broad SMARTS) is 1. The third kappa shape index (κ3) is 9.27. The van der Waals surface area contributed by atoms with Gasteiger partial charge in [0.15, 0.2) is 0 Å². The number of carbonyl (C=O) groups excluding carboxylic acids is 3. The number of hydrogen-bond donors (Lipinski definition) is 2. The van der Waals surface area contributed by atoms with Crippen LogP contribution in [0.3, 0.4) is 0 Å². The van der Waals surface area contributed by atoms with Crippen molar-refractivity contribution in [2.24, 2.45) is 0 Å². The van der Waals surface area contributed by atoms with Crippen molar-refractivity contribution >= 4 is 29.4 Å². The molecule has 4 aromatic carbocycles. The molecule has 2 N–H and O–H groups in total. The summed E-state index contributed by atoms with van der Waals surface area (Å²) >= 11 is 0. The van der Waals surface area contributed by atoms with Gasteiger partial charge in [-0.1, -0.05) is 57.2 Å². The number of carboxylic acids is 1. The Balaban J connectivity index is 1.36. The second kappa shape index (κ2) is 14.4. The predicted molar refractivity (Wildman–Crippen MR) is 171 cm³/mol. The van der Waals surface area contributed by atoms with Gasteiger partial charge in [-0.05, 0) is 82.8 Å². The summed E-state index contributed by atoms with van der Waals surface area (Å²) in [5.74, 6) is -1.33. The summed E-state index contributed by atoms with van der Waals surface area (Å²) in [6.07, 6.45) is 0.166. The summed E-state index contributed by atoms with van der Waals surface area (Å²) in [6, 6.07) is 27.3. The van der Waals surface area contributed by atoms with E-state index in [1.54, 1.807) is 67.8 Å². The van der Waals surface area contributed by atoms with Gasteiger partial charge in [-0.2, -0.15) is 0 Å². The molecule has 0 aliphatic carbocycles. The zero-order valence-electron chi connectivity index (χ0n) is 25.7. The first-order valence-corrected chi connectivity index (χ1v) is 14.4. The standard InChI is InChI=1S/C36H36N2O7/c1-36(2,3)28-13-9-27(10-14-28)35(43)45-31-19-7-25(8-20-31)22-38(23-33(40)41)34(42)26-11-15-29(16-12-26)37-32(39)21-24-5-17-30(44-4)18-6-24/h5-20H,21-23H2,1-4H3,(H,37,39)(H,40,41). The number of amides is 2. The van der Waals surface area contributed by atoms with Crippen LogP contribution >= 0.6 is 0 Å². The number of rotatable bonds is 11. The molecule has 4 rings (SSSR count). The normalized spacial score (nSPS) is 10.9. The van der Waals surface area contributed by atoms with E-state index in [0.717, 1.165) is 11.1 Å². The number of benzene rings is 4. The molecule has 0 aliphatic heterocycles. The average Bonchev–Trinajstić information content (AvgIpc) is 3.01. The number of esters is 1. The van der Waals surface area contributed by atoms with Crippen molar-refractivity contribution in [3.63, 3.8) is 0 Å². The molecule has 0 unspecified atom stereocenters. The van der Waals surface area contributed by atoms with Gasteiger partial charge in [-0.25, -0.2) is 4.79 Å². The van der Waals surface area contributed by atoms with Crippen LogP contribution in [0.4, 0.5) is 5.69 Å². The van der Waals surface area contributed by atoms with Gasteiger partial charge < -0.3 is 24.8 Å². The van der Waals surface area contributed by atoms with Gasteiger partial charge in [0.25, 0.3) is 5.91 Å². The van der Waals surface area contributed by atoms with Crippen molar-refractivity contribution < 1.29 is 33.8 Å². The SMILES string of the molecule is COc1ccc(CC(=O)Nc2ccc(C(=O)N(CC(=O)O)Cc3ccc(OC(=O)c4ccc(C(C)(C)C)cc4)cc3)cc2)cc1. The Morgan fingerprint density at radius 1 is 0.733 bits per heavy atom. The minimum atomic E-state index is -1.16. The predicted octanol–water partition coefficient (Wildman–Crippen LogP) is 6.12. The zero-order chi connectivity index (χ0) is 32.6. The Labute approximate surface area is 262 Å². The van der Waals surface area contributed by atoms with Gasteiger partial charge in [0.05, 0.1) is 19.1 Å². The highest BCUT2D eigenvalue weighted by Crippen LogP contribution is 2.23. The minimum Gasteiger partial charge on any atom is -0.497 e. The quantitative estimate of drug-likeness (QED) is 0.155. The van der Waals surface area contributed by atoms with Gasteiger partial charge in [0, 0.05) is 17.8 Å². The van der Waals surface area contributed by atoms with Crippen molar-refractivity contribution in [2.75, 3.05) is 19.0 Å². The van der Waals surface area contributed by atoms with Crippen LogP contribution in [0, 0.1) is 0 Å². The lowest BCUT2D eigenvalue weighted by Crippen LogP contribution is -2.35. The lowest BCUT2D eigenvalue weighted by atomic mass is 9.87. The molecule has 45 heavy (non-hydrogen) atoms. The monoisotopic (exact) mass is 608 g/mol. The van der Waals surface area contributed by atoms with E-state index >= 15 is 0 Å². The summed E-state index contributed by atoms with van der Waals surface area (Å²) in [6.45, 7) is 5.79. The Kier molecular flexibility index (Phi) is 10.4. The van der Waals surface area contributed by atoms with E-state index in [-0.39, 0.29) is 29.9 Å². The van der Waals surface area contributed by atoms with Gasteiger partial charge in [0.1, 0.15) is 18.0 Å². The molecule has 9 heteroatoms. The van der Waals surface area contributed by atoms with Gasteiger partial charge >= 0.3 is 11.9 Å². The molecule has 2 amide bonds. The van der Waals surface area contributed by atoms with Crippen LogP contribution in [0.1, 0.15) is 58.2 Å². The van der Waals surface area contributed by atoms with E-state index in [2.05, 4.69) is 26.1 Å². The molecule has 0 aromatic heterocycles. The van der Waals surface area contributed by atoms with Gasteiger partial charge in [0.2, 0.25) is 5.91 Å². The molecule has 0 saturated heterocycles. The highest BCUT2D eigenvalue weighted by molar-refractivity contribution is 5.97. The first kappa shape index (κ1) is 32.5. The first-order valence-electron chi connectivity index (χ1n) is 14.4. The fourth-order valence-electron chi connectivity index (χ4n) is 4.53. The number of carbonyl (C=O) groups is 4. The Morgan fingerprint density at radius 3 is 1.84 bits per heavy atom. The number of ether oxygens (including phenoxy) is 2. The Bertz CT molecular complexity index is 1640. The van der Waals surface area contributed by atoms with Crippen molar-refractivity contribution in [2.45, 2.75) is 39.2 Å². The first-order chi connectivity index (χ1) is 21.4. The fourth-order valence-corrected chi connectivity index (χ4v) is 4.53. The second-order valence-electron chi connectivity index (χ2n) is 11.6. The molecule has 0 aliphatic rings. The van der Waals surface area contributed by atoms with Gasteiger partial charge in [-0.3, -0.25) is 14.4 Å². The molecular formula is C36H36N2O7. The highest BCUT2D eigenvalue weighted by atomic mass is 16.5. The van der Waals surface area contributed by atoms with E-state index < -0.39 is 24.4 Å². The summed E-state index contributed by atoms with van der Waals surface area (Å²) in [4.78, 5) is 51.1. The second-order valence-corrected chi connectivity index (χ2v) is 11.6. The number of nitrogens with zero attached hydrogens (tertiary/aromatic N) is 1.